The van der Waals surface area contributed by atoms with Crippen LogP contribution in [0, 0.1) is 3.57 Å². The Kier molecular flexibility index (Phi) is 7.71. The number of hydrazone groups is 1. The van der Waals surface area contributed by atoms with Crippen LogP contribution < -0.4 is 14.9 Å². The molecule has 26 heavy (non-hydrogen) atoms. The molecule has 2 rings (SSSR count). The van der Waals surface area contributed by atoms with E-state index in [9.17, 15) is 4.79 Å². The highest BCUT2D eigenvalue weighted by atomic mass is 127. The highest BCUT2D eigenvalue weighted by molar-refractivity contribution is 14.1. The van der Waals surface area contributed by atoms with E-state index in [1.165, 1.54) is 0 Å². The lowest BCUT2D eigenvalue weighted by Gasteiger charge is -2.16. The zero-order chi connectivity index (χ0) is 19.1. The summed E-state index contributed by atoms with van der Waals surface area (Å²) in [5.41, 5.74) is 3.78. The minimum Gasteiger partial charge on any atom is -0.490 e. The molecule has 0 heterocycles. The Morgan fingerprint density at radius 3 is 2.62 bits per heavy atom. The van der Waals surface area contributed by atoms with Crippen LogP contribution in [0.3, 0.4) is 0 Å². The Bertz CT molecular complexity index is 792. The zero-order valence-electron chi connectivity index (χ0n) is 14.8. The third kappa shape index (κ3) is 5.88. The van der Waals surface area contributed by atoms with Crippen LogP contribution in [-0.2, 0) is 0 Å². The number of hydrogen-bond acceptors (Lipinski definition) is 4. The summed E-state index contributed by atoms with van der Waals surface area (Å²) in [6, 6.07) is 10.3. The van der Waals surface area contributed by atoms with E-state index < -0.39 is 0 Å². The van der Waals surface area contributed by atoms with Crippen LogP contribution in [0.5, 0.6) is 11.5 Å². The summed E-state index contributed by atoms with van der Waals surface area (Å²) in [4.78, 5) is 12.0. The van der Waals surface area contributed by atoms with Crippen molar-refractivity contribution < 1.29 is 14.3 Å². The van der Waals surface area contributed by atoms with Crippen molar-refractivity contribution in [2.24, 2.45) is 5.10 Å². The second-order valence-corrected chi connectivity index (χ2v) is 7.23. The van der Waals surface area contributed by atoms with E-state index in [0.29, 0.717) is 28.7 Å². The number of nitrogens with zero attached hydrogens (tertiary/aromatic N) is 1. The maximum atomic E-state index is 12.0. The first-order valence-corrected chi connectivity index (χ1v) is 9.58. The molecule has 0 aromatic heterocycles. The molecule has 0 unspecified atom stereocenters. The monoisotopic (exact) mass is 486 g/mol. The lowest BCUT2D eigenvalue weighted by Crippen LogP contribution is -2.17. The van der Waals surface area contributed by atoms with Gasteiger partial charge in [0.1, 0.15) is 0 Å². The van der Waals surface area contributed by atoms with Gasteiger partial charge in [-0.2, -0.15) is 5.10 Å². The third-order valence-corrected chi connectivity index (χ3v) is 4.22. The number of hydrogen-bond donors (Lipinski definition) is 1. The van der Waals surface area contributed by atoms with Crippen LogP contribution in [0.15, 0.2) is 41.5 Å². The fourth-order valence-corrected chi connectivity index (χ4v) is 2.99. The van der Waals surface area contributed by atoms with Gasteiger partial charge >= 0.3 is 0 Å². The predicted octanol–water partition coefficient (Wildman–Crippen LogP) is 4.89. The molecule has 1 N–H and O–H groups in total. The van der Waals surface area contributed by atoms with Crippen molar-refractivity contribution in [1.29, 1.82) is 0 Å². The first-order valence-electron chi connectivity index (χ1n) is 8.12. The van der Waals surface area contributed by atoms with Crippen LogP contribution in [0.25, 0.3) is 0 Å². The average molecular weight is 487 g/mol. The molecule has 0 saturated carbocycles. The summed E-state index contributed by atoms with van der Waals surface area (Å²) in [6.45, 7) is 6.37. The summed E-state index contributed by atoms with van der Waals surface area (Å²) >= 11 is 8.01. The molecule has 1 amide bonds. The van der Waals surface area contributed by atoms with Gasteiger partial charge in [0, 0.05) is 10.6 Å². The quantitative estimate of drug-likeness (QED) is 0.344. The van der Waals surface area contributed by atoms with Gasteiger partial charge in [0.15, 0.2) is 11.5 Å². The first-order chi connectivity index (χ1) is 12.4. The number of carbonyl (C=O) groups is 1. The number of nitrogens with one attached hydrogen (secondary N) is 1. The molecule has 0 saturated heterocycles. The Hall–Kier alpha value is -1.80. The van der Waals surface area contributed by atoms with Crippen LogP contribution in [0.2, 0.25) is 5.02 Å². The van der Waals surface area contributed by atoms with Gasteiger partial charge in [0.2, 0.25) is 0 Å². The summed E-state index contributed by atoms with van der Waals surface area (Å²) in [6.07, 6.45) is 1.61. The van der Waals surface area contributed by atoms with Crippen molar-refractivity contribution in [3.8, 4) is 11.5 Å². The molecule has 0 aliphatic rings. The molecule has 2 aromatic carbocycles. The summed E-state index contributed by atoms with van der Waals surface area (Å²) < 4.78 is 12.4. The second kappa shape index (κ2) is 9.78. The third-order valence-electron chi connectivity index (χ3n) is 3.17. The van der Waals surface area contributed by atoms with E-state index in [2.05, 4.69) is 33.1 Å². The molecule has 2 aromatic rings. The van der Waals surface area contributed by atoms with E-state index in [1.807, 2.05) is 32.9 Å². The molecule has 5 nitrogen and oxygen atoms in total. The molecular weight excluding hydrogens is 467 g/mol. The first kappa shape index (κ1) is 20.5. The van der Waals surface area contributed by atoms with Gasteiger partial charge < -0.3 is 9.47 Å². The fraction of sp³-hybridized carbons (Fsp3) is 0.263. The number of rotatable bonds is 7. The zero-order valence-corrected chi connectivity index (χ0v) is 17.7. The Balaban J connectivity index is 2.14. The van der Waals surface area contributed by atoms with Gasteiger partial charge in [-0.25, -0.2) is 5.43 Å². The Labute approximate surface area is 171 Å². The highest BCUT2D eigenvalue weighted by Gasteiger charge is 2.13. The van der Waals surface area contributed by atoms with Crippen molar-refractivity contribution in [1.82, 2.24) is 5.43 Å². The van der Waals surface area contributed by atoms with Gasteiger partial charge in [-0.1, -0.05) is 11.6 Å². The van der Waals surface area contributed by atoms with E-state index in [1.54, 1.807) is 30.5 Å². The van der Waals surface area contributed by atoms with Gasteiger partial charge in [-0.05, 0) is 85.3 Å². The standard InChI is InChI=1S/C19H20ClIN2O3/c1-4-25-17-10-13(9-16(21)18(17)26-12(2)3)11-22-23-19(24)14-5-7-15(20)8-6-14/h5-12H,4H2,1-3H3,(H,23,24)/b22-11-. The molecule has 0 aliphatic heterocycles. The molecule has 0 aliphatic carbocycles. The Morgan fingerprint density at radius 1 is 1.31 bits per heavy atom. The molecule has 138 valence electrons. The number of halogens is 2. The average Bonchev–Trinajstić information content (AvgIpc) is 2.58. The summed E-state index contributed by atoms with van der Waals surface area (Å²) in [7, 11) is 0. The van der Waals surface area contributed by atoms with Crippen molar-refractivity contribution in [2.75, 3.05) is 6.61 Å². The van der Waals surface area contributed by atoms with Crippen LogP contribution in [-0.4, -0.2) is 24.8 Å². The SMILES string of the molecule is CCOc1cc(/C=N\NC(=O)c2ccc(Cl)cc2)cc(I)c1OC(C)C. The van der Waals surface area contributed by atoms with Crippen LogP contribution in [0.4, 0.5) is 0 Å². The van der Waals surface area contributed by atoms with Crippen molar-refractivity contribution in [3.05, 3.63) is 56.1 Å². The summed E-state index contributed by atoms with van der Waals surface area (Å²) in [5, 5.41) is 4.59. The van der Waals surface area contributed by atoms with Crippen molar-refractivity contribution in [2.45, 2.75) is 26.9 Å². The molecule has 0 atom stereocenters. The fourth-order valence-electron chi connectivity index (χ4n) is 2.11. The highest BCUT2D eigenvalue weighted by Crippen LogP contribution is 2.34. The lowest BCUT2D eigenvalue weighted by molar-refractivity contribution is 0.0955. The predicted molar refractivity (Wildman–Crippen MR) is 113 cm³/mol. The van der Waals surface area contributed by atoms with Crippen LogP contribution >= 0.6 is 34.2 Å². The summed E-state index contributed by atoms with van der Waals surface area (Å²) in [5.74, 6) is 1.06. The maximum absolute atomic E-state index is 12.0. The normalized spacial score (nSPS) is 11.0. The smallest absolute Gasteiger partial charge is 0.271 e. The van der Waals surface area contributed by atoms with Crippen LogP contribution in [0.1, 0.15) is 36.7 Å². The van der Waals surface area contributed by atoms with Gasteiger partial charge in [-0.3, -0.25) is 4.79 Å². The molecule has 0 radical (unpaired) electrons. The molecule has 0 bridgehead atoms. The minimum absolute atomic E-state index is 0.0425. The molecular formula is C19H20ClIN2O3. The van der Waals surface area contributed by atoms with Gasteiger partial charge in [0.05, 0.1) is 22.5 Å². The lowest BCUT2D eigenvalue weighted by atomic mass is 10.2. The second-order valence-electron chi connectivity index (χ2n) is 5.64. The van der Waals surface area contributed by atoms with Gasteiger partial charge in [0.25, 0.3) is 5.91 Å². The number of benzene rings is 2. The van der Waals surface area contributed by atoms with E-state index in [-0.39, 0.29) is 12.0 Å². The molecule has 0 fully saturated rings. The number of carbonyl (C=O) groups excluding carboxylic acids is 1. The van der Waals surface area contributed by atoms with E-state index >= 15 is 0 Å². The largest absolute Gasteiger partial charge is 0.490 e. The van der Waals surface area contributed by atoms with Gasteiger partial charge in [-0.15, -0.1) is 0 Å². The minimum atomic E-state index is -0.308. The molecule has 7 heteroatoms. The maximum Gasteiger partial charge on any atom is 0.271 e. The number of ether oxygens (including phenoxy) is 2. The molecule has 0 spiro atoms. The van der Waals surface area contributed by atoms with Crippen molar-refractivity contribution >= 4 is 46.3 Å². The van der Waals surface area contributed by atoms with E-state index in [4.69, 9.17) is 21.1 Å². The topological polar surface area (TPSA) is 59.9 Å². The number of amides is 1. The Morgan fingerprint density at radius 2 is 2.00 bits per heavy atom. The van der Waals surface area contributed by atoms with Crippen molar-refractivity contribution in [3.63, 3.8) is 0 Å². The van der Waals surface area contributed by atoms with E-state index in [0.717, 1.165) is 9.13 Å².